The third kappa shape index (κ3) is 3.19. The highest BCUT2D eigenvalue weighted by molar-refractivity contribution is 7.09. The number of aryl methyl sites for hydroxylation is 1. The van der Waals surface area contributed by atoms with Gasteiger partial charge in [0.1, 0.15) is 5.75 Å². The van der Waals surface area contributed by atoms with Crippen LogP contribution in [-0.4, -0.2) is 17.0 Å². The van der Waals surface area contributed by atoms with E-state index < -0.39 is 4.92 Å². The number of thiazole rings is 1. The third-order valence-electron chi connectivity index (χ3n) is 2.64. The molecule has 0 aliphatic carbocycles. The summed E-state index contributed by atoms with van der Waals surface area (Å²) in [6, 6.07) is 4.60. The lowest BCUT2D eigenvalue weighted by atomic mass is 10.2. The van der Waals surface area contributed by atoms with Gasteiger partial charge in [0, 0.05) is 22.7 Å². The van der Waals surface area contributed by atoms with Gasteiger partial charge >= 0.3 is 0 Å². The minimum absolute atomic E-state index is 0.00266. The van der Waals surface area contributed by atoms with Crippen molar-refractivity contribution in [1.29, 1.82) is 0 Å². The number of anilines is 1. The van der Waals surface area contributed by atoms with Gasteiger partial charge in [0.25, 0.3) is 5.69 Å². The second-order valence-electron chi connectivity index (χ2n) is 3.89. The van der Waals surface area contributed by atoms with Gasteiger partial charge in [-0.2, -0.15) is 0 Å². The minimum Gasteiger partial charge on any atom is -0.496 e. The molecule has 2 rings (SSSR count). The molecule has 0 unspecified atom stereocenters. The number of nitro benzene ring substituents is 1. The van der Waals surface area contributed by atoms with E-state index in [4.69, 9.17) is 4.74 Å². The predicted molar refractivity (Wildman–Crippen MR) is 73.8 cm³/mol. The fourth-order valence-electron chi connectivity index (χ4n) is 1.59. The molecule has 1 aromatic carbocycles. The highest BCUT2D eigenvalue weighted by Crippen LogP contribution is 2.26. The first-order valence-corrected chi connectivity index (χ1v) is 6.44. The largest absolute Gasteiger partial charge is 0.496 e. The van der Waals surface area contributed by atoms with Crippen molar-refractivity contribution in [3.05, 3.63) is 44.4 Å². The molecule has 0 bridgehead atoms. The summed E-state index contributed by atoms with van der Waals surface area (Å²) in [4.78, 5) is 15.6. The molecule has 6 nitrogen and oxygen atoms in total. The first-order valence-electron chi connectivity index (χ1n) is 5.56. The number of hydrogen-bond donors (Lipinski definition) is 1. The number of nitro groups is 1. The molecule has 0 atom stereocenters. The van der Waals surface area contributed by atoms with Gasteiger partial charge < -0.3 is 10.1 Å². The number of methoxy groups -OCH3 is 1. The molecule has 0 amide bonds. The fourth-order valence-corrected chi connectivity index (χ4v) is 2.30. The van der Waals surface area contributed by atoms with Crippen molar-refractivity contribution in [3.8, 4) is 5.75 Å². The Kier molecular flexibility index (Phi) is 3.96. The maximum Gasteiger partial charge on any atom is 0.275 e. The van der Waals surface area contributed by atoms with E-state index in [1.165, 1.54) is 19.2 Å². The van der Waals surface area contributed by atoms with Crippen LogP contribution >= 0.6 is 11.3 Å². The van der Waals surface area contributed by atoms with Crippen molar-refractivity contribution in [2.75, 3.05) is 12.4 Å². The first-order chi connectivity index (χ1) is 9.10. The molecule has 0 saturated carbocycles. The Hall–Kier alpha value is -2.15. The average Bonchev–Trinajstić information content (AvgIpc) is 2.81. The Balaban J connectivity index is 2.17. The number of nitrogens with zero attached hydrogens (tertiary/aromatic N) is 2. The number of ether oxygens (including phenoxy) is 1. The summed E-state index contributed by atoms with van der Waals surface area (Å²) < 4.78 is 5.05. The molecule has 19 heavy (non-hydrogen) atoms. The van der Waals surface area contributed by atoms with Gasteiger partial charge in [-0.25, -0.2) is 4.98 Å². The summed E-state index contributed by atoms with van der Waals surface area (Å²) in [5, 5.41) is 14.0. The zero-order chi connectivity index (χ0) is 13.8. The van der Waals surface area contributed by atoms with Crippen molar-refractivity contribution in [2.45, 2.75) is 13.5 Å². The van der Waals surface area contributed by atoms with E-state index in [1.54, 1.807) is 22.9 Å². The van der Waals surface area contributed by atoms with Crippen LogP contribution in [0.2, 0.25) is 0 Å². The van der Waals surface area contributed by atoms with Crippen LogP contribution in [0.4, 0.5) is 11.4 Å². The molecule has 1 heterocycles. The standard InChI is InChI=1S/C12H13N3O3S/c1-8-12(19-7-14-8)6-13-9-3-10(15(16)17)5-11(4-9)18-2/h3-5,7,13H,6H2,1-2H3. The van der Waals surface area contributed by atoms with Crippen molar-refractivity contribution in [2.24, 2.45) is 0 Å². The third-order valence-corrected chi connectivity index (χ3v) is 3.57. The number of aromatic nitrogens is 1. The van der Waals surface area contributed by atoms with E-state index in [1.807, 2.05) is 6.92 Å². The number of hydrogen-bond acceptors (Lipinski definition) is 6. The summed E-state index contributed by atoms with van der Waals surface area (Å²) in [7, 11) is 1.48. The smallest absolute Gasteiger partial charge is 0.275 e. The molecule has 0 aliphatic heterocycles. The number of rotatable bonds is 5. The van der Waals surface area contributed by atoms with Crippen LogP contribution in [0.5, 0.6) is 5.75 Å². The molecule has 0 saturated heterocycles. The van der Waals surface area contributed by atoms with E-state index in [-0.39, 0.29) is 5.69 Å². The Morgan fingerprint density at radius 2 is 2.26 bits per heavy atom. The molecule has 7 heteroatoms. The summed E-state index contributed by atoms with van der Waals surface area (Å²) in [6.45, 7) is 2.52. The zero-order valence-electron chi connectivity index (χ0n) is 10.5. The number of nitrogens with one attached hydrogen (secondary N) is 1. The Morgan fingerprint density at radius 1 is 1.47 bits per heavy atom. The van der Waals surface area contributed by atoms with E-state index in [2.05, 4.69) is 10.3 Å². The van der Waals surface area contributed by atoms with Crippen LogP contribution in [0.3, 0.4) is 0 Å². The SMILES string of the molecule is COc1cc(NCc2scnc2C)cc([N+](=O)[O-])c1. The topological polar surface area (TPSA) is 77.3 Å². The van der Waals surface area contributed by atoms with Crippen molar-refractivity contribution in [1.82, 2.24) is 4.98 Å². The minimum atomic E-state index is -0.439. The molecule has 0 fully saturated rings. The molecule has 0 radical (unpaired) electrons. The molecular weight excluding hydrogens is 266 g/mol. The number of benzene rings is 1. The Bertz CT molecular complexity index is 598. The monoisotopic (exact) mass is 279 g/mol. The fraction of sp³-hybridized carbons (Fsp3) is 0.250. The molecule has 1 aromatic heterocycles. The van der Waals surface area contributed by atoms with E-state index >= 15 is 0 Å². The van der Waals surface area contributed by atoms with Crippen LogP contribution in [0.25, 0.3) is 0 Å². The van der Waals surface area contributed by atoms with Crippen molar-refractivity contribution in [3.63, 3.8) is 0 Å². The molecular formula is C12H13N3O3S. The van der Waals surface area contributed by atoms with Gasteiger partial charge in [-0.05, 0) is 6.92 Å². The maximum absolute atomic E-state index is 10.8. The average molecular weight is 279 g/mol. The molecule has 1 N–H and O–H groups in total. The zero-order valence-corrected chi connectivity index (χ0v) is 11.4. The highest BCUT2D eigenvalue weighted by atomic mass is 32.1. The Morgan fingerprint density at radius 3 is 2.84 bits per heavy atom. The highest BCUT2D eigenvalue weighted by Gasteiger charge is 2.10. The van der Waals surface area contributed by atoms with E-state index in [0.29, 0.717) is 18.0 Å². The van der Waals surface area contributed by atoms with Crippen LogP contribution in [0, 0.1) is 17.0 Å². The van der Waals surface area contributed by atoms with Gasteiger partial charge in [-0.1, -0.05) is 0 Å². The first kappa shape index (κ1) is 13.3. The molecule has 0 aliphatic rings. The summed E-state index contributed by atoms with van der Waals surface area (Å²) >= 11 is 1.55. The normalized spacial score (nSPS) is 10.2. The summed E-state index contributed by atoms with van der Waals surface area (Å²) in [5.41, 5.74) is 3.40. The maximum atomic E-state index is 10.8. The predicted octanol–water partition coefficient (Wildman–Crippen LogP) is 2.98. The van der Waals surface area contributed by atoms with Crippen LogP contribution in [-0.2, 0) is 6.54 Å². The Labute approximate surface area is 114 Å². The molecule has 100 valence electrons. The number of non-ortho nitro benzene ring substituents is 1. The van der Waals surface area contributed by atoms with Crippen LogP contribution < -0.4 is 10.1 Å². The van der Waals surface area contributed by atoms with Crippen molar-refractivity contribution < 1.29 is 9.66 Å². The molecule has 2 aromatic rings. The second-order valence-corrected chi connectivity index (χ2v) is 4.83. The van der Waals surface area contributed by atoms with Gasteiger partial charge in [-0.3, -0.25) is 10.1 Å². The molecule has 0 spiro atoms. The van der Waals surface area contributed by atoms with Gasteiger partial charge in [0.2, 0.25) is 0 Å². The lowest BCUT2D eigenvalue weighted by molar-refractivity contribution is -0.384. The summed E-state index contributed by atoms with van der Waals surface area (Å²) in [5.74, 6) is 0.456. The summed E-state index contributed by atoms with van der Waals surface area (Å²) in [6.07, 6.45) is 0. The van der Waals surface area contributed by atoms with Crippen LogP contribution in [0.15, 0.2) is 23.7 Å². The van der Waals surface area contributed by atoms with Gasteiger partial charge in [-0.15, -0.1) is 11.3 Å². The lowest BCUT2D eigenvalue weighted by Crippen LogP contribution is -2.00. The van der Waals surface area contributed by atoms with Crippen LogP contribution in [0.1, 0.15) is 10.6 Å². The second kappa shape index (κ2) is 5.66. The van der Waals surface area contributed by atoms with Gasteiger partial charge in [0.15, 0.2) is 0 Å². The van der Waals surface area contributed by atoms with Crippen molar-refractivity contribution >= 4 is 22.7 Å². The quantitative estimate of drug-likeness (QED) is 0.672. The van der Waals surface area contributed by atoms with Gasteiger partial charge in [0.05, 0.1) is 35.8 Å². The lowest BCUT2D eigenvalue weighted by Gasteiger charge is -2.07. The van der Waals surface area contributed by atoms with E-state index in [0.717, 1.165) is 10.6 Å². The van der Waals surface area contributed by atoms with E-state index in [9.17, 15) is 10.1 Å².